The van der Waals surface area contributed by atoms with Crippen molar-refractivity contribution in [2.75, 3.05) is 16.8 Å². The highest BCUT2D eigenvalue weighted by Crippen LogP contribution is 2.38. The van der Waals surface area contributed by atoms with E-state index in [4.69, 9.17) is 4.74 Å². The minimum Gasteiger partial charge on any atom is -0.478 e. The topological polar surface area (TPSA) is 102 Å². The predicted octanol–water partition coefficient (Wildman–Crippen LogP) is 3.55. The van der Waals surface area contributed by atoms with Crippen molar-refractivity contribution in [3.8, 4) is 5.75 Å². The molecule has 3 rings (SSSR count). The molecule has 1 aliphatic rings. The second-order valence-corrected chi connectivity index (χ2v) is 7.17. The lowest BCUT2D eigenvalue weighted by atomic mass is 10.0. The van der Waals surface area contributed by atoms with Gasteiger partial charge in [0, 0.05) is 11.8 Å². The van der Waals surface area contributed by atoms with Gasteiger partial charge in [0.25, 0.3) is 11.6 Å². The number of nitrogens with one attached hydrogen (secondary N) is 1. The quantitative estimate of drug-likeness (QED) is 0.593. The van der Waals surface area contributed by atoms with Crippen LogP contribution in [0, 0.1) is 16.0 Å². The van der Waals surface area contributed by atoms with Gasteiger partial charge in [0.1, 0.15) is 6.54 Å². The zero-order valence-corrected chi connectivity index (χ0v) is 16.5. The van der Waals surface area contributed by atoms with Crippen molar-refractivity contribution < 1.29 is 19.2 Å². The Bertz CT molecular complexity index is 957. The molecule has 0 bridgehead atoms. The molecule has 0 saturated heterocycles. The summed E-state index contributed by atoms with van der Waals surface area (Å²) < 4.78 is 5.74. The monoisotopic (exact) mass is 397 g/mol. The van der Waals surface area contributed by atoms with Crippen LogP contribution in [0.25, 0.3) is 0 Å². The number of benzene rings is 2. The number of rotatable bonds is 6. The Hall–Kier alpha value is -3.42. The van der Waals surface area contributed by atoms with Gasteiger partial charge in [-0.25, -0.2) is 0 Å². The number of hydrogen-bond acceptors (Lipinski definition) is 5. The second kappa shape index (κ2) is 8.30. The van der Waals surface area contributed by atoms with Crippen LogP contribution in [-0.2, 0) is 16.0 Å². The molecule has 0 fully saturated rings. The molecule has 8 nitrogen and oxygen atoms in total. The van der Waals surface area contributed by atoms with Crippen molar-refractivity contribution >= 4 is 28.9 Å². The van der Waals surface area contributed by atoms with Crippen LogP contribution in [-0.4, -0.2) is 29.4 Å². The molecule has 1 heterocycles. The maximum Gasteiger partial charge on any atom is 0.273 e. The van der Waals surface area contributed by atoms with Gasteiger partial charge in [-0.15, -0.1) is 0 Å². The summed E-state index contributed by atoms with van der Waals surface area (Å²) in [5.74, 6) is -0.645. The number of carbonyl (C=O) groups is 2. The van der Waals surface area contributed by atoms with Gasteiger partial charge in [-0.05, 0) is 30.0 Å². The van der Waals surface area contributed by atoms with Crippen LogP contribution in [0.4, 0.5) is 17.1 Å². The maximum absolute atomic E-state index is 12.9. The summed E-state index contributed by atoms with van der Waals surface area (Å²) in [5.41, 5.74) is 1.90. The second-order valence-electron chi connectivity index (χ2n) is 7.17. The predicted molar refractivity (Wildman–Crippen MR) is 109 cm³/mol. The van der Waals surface area contributed by atoms with E-state index in [0.717, 1.165) is 12.0 Å². The van der Waals surface area contributed by atoms with Crippen molar-refractivity contribution in [3.63, 3.8) is 0 Å². The highest BCUT2D eigenvalue weighted by Gasteiger charge is 2.38. The van der Waals surface area contributed by atoms with E-state index in [1.165, 1.54) is 23.1 Å². The lowest BCUT2D eigenvalue weighted by Gasteiger charge is -2.35. The minimum atomic E-state index is -0.819. The average molecular weight is 397 g/mol. The maximum atomic E-state index is 12.9. The molecule has 1 aliphatic heterocycles. The molecule has 0 aromatic heterocycles. The van der Waals surface area contributed by atoms with Crippen LogP contribution in [0.5, 0.6) is 5.75 Å². The molecule has 0 radical (unpaired) electrons. The number of nitro benzene ring substituents is 1. The summed E-state index contributed by atoms with van der Waals surface area (Å²) in [4.78, 5) is 37.5. The summed E-state index contributed by atoms with van der Waals surface area (Å²) >= 11 is 0. The molecule has 1 unspecified atom stereocenters. The standard InChI is InChI=1S/C21H23N3O5/c1-4-14-7-5-6-8-16(14)22-19(25)12-23-17-10-9-15(24(27)28)11-18(17)29-20(13(2)3)21(23)26/h5-11,13,20H,4,12H2,1-3H3,(H,22,25). The molecule has 2 amide bonds. The van der Waals surface area contributed by atoms with Crippen LogP contribution in [0.2, 0.25) is 0 Å². The first-order chi connectivity index (χ1) is 13.8. The van der Waals surface area contributed by atoms with Crippen LogP contribution >= 0.6 is 0 Å². The van der Waals surface area contributed by atoms with Gasteiger partial charge in [0.2, 0.25) is 5.91 Å². The first-order valence-corrected chi connectivity index (χ1v) is 9.46. The average Bonchev–Trinajstić information content (AvgIpc) is 2.69. The Kier molecular flexibility index (Phi) is 5.81. The molecule has 8 heteroatoms. The van der Waals surface area contributed by atoms with Crippen molar-refractivity contribution in [2.24, 2.45) is 5.92 Å². The summed E-state index contributed by atoms with van der Waals surface area (Å²) in [6.45, 7) is 5.42. The SMILES string of the molecule is CCc1ccccc1NC(=O)CN1C(=O)C(C(C)C)Oc2cc([N+](=O)[O-])ccc21. The van der Waals surface area contributed by atoms with Gasteiger partial charge in [0.05, 0.1) is 16.7 Å². The molecule has 0 saturated carbocycles. The number of fused-ring (bicyclic) bond motifs is 1. The number of hydrogen-bond donors (Lipinski definition) is 1. The van der Waals surface area contributed by atoms with Gasteiger partial charge in [-0.3, -0.25) is 24.6 Å². The third-order valence-electron chi connectivity index (χ3n) is 4.79. The molecule has 29 heavy (non-hydrogen) atoms. The Balaban J connectivity index is 1.89. The fraction of sp³-hybridized carbons (Fsp3) is 0.333. The molecule has 1 atom stereocenters. The van der Waals surface area contributed by atoms with Crippen molar-refractivity contribution in [1.82, 2.24) is 0 Å². The van der Waals surface area contributed by atoms with Crippen LogP contribution in [0.1, 0.15) is 26.3 Å². The third kappa shape index (κ3) is 4.21. The van der Waals surface area contributed by atoms with E-state index in [9.17, 15) is 19.7 Å². The van der Waals surface area contributed by atoms with Gasteiger partial charge < -0.3 is 10.1 Å². The Morgan fingerprint density at radius 2 is 2.00 bits per heavy atom. The fourth-order valence-corrected chi connectivity index (χ4v) is 3.26. The summed E-state index contributed by atoms with van der Waals surface area (Å²) in [6.07, 6.45) is -0.0604. The Morgan fingerprint density at radius 3 is 2.66 bits per heavy atom. The number of amides is 2. The Morgan fingerprint density at radius 1 is 1.28 bits per heavy atom. The number of nitro groups is 1. The zero-order chi connectivity index (χ0) is 21.1. The molecule has 0 spiro atoms. The lowest BCUT2D eigenvalue weighted by Crippen LogP contribution is -2.50. The molecular weight excluding hydrogens is 374 g/mol. The first kappa shape index (κ1) is 20.3. The molecule has 2 aromatic carbocycles. The summed E-state index contributed by atoms with van der Waals surface area (Å²) in [6, 6.07) is 11.5. The van der Waals surface area contributed by atoms with Crippen LogP contribution in [0.15, 0.2) is 42.5 Å². The number of anilines is 2. The van der Waals surface area contributed by atoms with Gasteiger partial charge in [-0.2, -0.15) is 0 Å². The number of carbonyl (C=O) groups excluding carboxylic acids is 2. The molecular formula is C21H23N3O5. The molecule has 152 valence electrons. The van der Waals surface area contributed by atoms with E-state index in [-0.39, 0.29) is 35.7 Å². The smallest absolute Gasteiger partial charge is 0.273 e. The summed E-state index contributed by atoms with van der Waals surface area (Å²) in [5, 5.41) is 13.9. The van der Waals surface area contributed by atoms with Crippen LogP contribution in [0.3, 0.4) is 0 Å². The van der Waals surface area contributed by atoms with Gasteiger partial charge in [-0.1, -0.05) is 39.0 Å². The minimum absolute atomic E-state index is 0.137. The number of ether oxygens (including phenoxy) is 1. The number of nitrogens with zero attached hydrogens (tertiary/aromatic N) is 2. The van der Waals surface area contributed by atoms with Crippen LogP contribution < -0.4 is 15.0 Å². The third-order valence-corrected chi connectivity index (χ3v) is 4.79. The highest BCUT2D eigenvalue weighted by molar-refractivity contribution is 6.06. The lowest BCUT2D eigenvalue weighted by molar-refractivity contribution is -0.384. The zero-order valence-electron chi connectivity index (χ0n) is 16.5. The van der Waals surface area contributed by atoms with Gasteiger partial charge in [0.15, 0.2) is 11.9 Å². The number of para-hydroxylation sites is 1. The van der Waals surface area contributed by atoms with Gasteiger partial charge >= 0.3 is 0 Å². The largest absolute Gasteiger partial charge is 0.478 e. The first-order valence-electron chi connectivity index (χ1n) is 9.46. The molecule has 0 aliphatic carbocycles. The Labute approximate surface area is 168 Å². The van der Waals surface area contributed by atoms with E-state index in [1.54, 1.807) is 0 Å². The van der Waals surface area contributed by atoms with E-state index in [1.807, 2.05) is 45.0 Å². The summed E-state index contributed by atoms with van der Waals surface area (Å²) in [7, 11) is 0. The normalized spacial score (nSPS) is 15.7. The molecule has 1 N–H and O–H groups in total. The number of non-ortho nitro benzene ring substituents is 1. The van der Waals surface area contributed by atoms with E-state index in [2.05, 4.69) is 5.32 Å². The molecule has 2 aromatic rings. The van der Waals surface area contributed by atoms with E-state index in [0.29, 0.717) is 11.4 Å². The van der Waals surface area contributed by atoms with Crippen molar-refractivity contribution in [3.05, 3.63) is 58.1 Å². The van der Waals surface area contributed by atoms with Crippen molar-refractivity contribution in [2.45, 2.75) is 33.3 Å². The fourth-order valence-electron chi connectivity index (χ4n) is 3.26. The number of aryl methyl sites for hydroxylation is 1. The van der Waals surface area contributed by atoms with E-state index >= 15 is 0 Å². The van der Waals surface area contributed by atoms with Crippen molar-refractivity contribution in [1.29, 1.82) is 0 Å². The highest BCUT2D eigenvalue weighted by atomic mass is 16.6. The van der Waals surface area contributed by atoms with E-state index < -0.39 is 11.0 Å².